The van der Waals surface area contributed by atoms with E-state index in [0.717, 1.165) is 16.9 Å². The van der Waals surface area contributed by atoms with Crippen LogP contribution in [0.2, 0.25) is 0 Å². The number of nitrogens with one attached hydrogen (secondary N) is 1. The first kappa shape index (κ1) is 12.3. The van der Waals surface area contributed by atoms with Crippen molar-refractivity contribution in [2.24, 2.45) is 0 Å². The Hall–Kier alpha value is -2.20. The third kappa shape index (κ3) is 2.93. The van der Waals surface area contributed by atoms with E-state index >= 15 is 0 Å². The number of hydrogen-bond acceptors (Lipinski definition) is 4. The molecule has 0 fully saturated rings. The van der Waals surface area contributed by atoms with Gasteiger partial charge in [0.05, 0.1) is 6.61 Å². The van der Waals surface area contributed by atoms with E-state index in [4.69, 9.17) is 10.8 Å². The fraction of sp³-hybridized carbons (Fsp3) is 0.143. The maximum atomic E-state index is 9.61. The predicted molar refractivity (Wildman–Crippen MR) is 72.2 cm³/mol. The maximum Gasteiger partial charge on any atom is 0.123 e. The molecule has 0 spiro atoms. The highest BCUT2D eigenvalue weighted by molar-refractivity contribution is 5.52. The molecule has 0 amide bonds. The average Bonchev–Trinajstić information content (AvgIpc) is 2.37. The molecule has 0 unspecified atom stereocenters. The summed E-state index contributed by atoms with van der Waals surface area (Å²) in [6.45, 7) is 0.463. The molecular weight excluding hydrogens is 228 g/mol. The summed E-state index contributed by atoms with van der Waals surface area (Å²) in [5, 5.41) is 21.7. The number of hydrogen-bond donors (Lipinski definition) is 4. The molecule has 0 aromatic heterocycles. The molecule has 0 bridgehead atoms. The van der Waals surface area contributed by atoms with Crippen molar-refractivity contribution in [3.05, 3.63) is 53.6 Å². The van der Waals surface area contributed by atoms with Crippen LogP contribution in [0, 0.1) is 0 Å². The number of benzene rings is 2. The molecule has 0 aliphatic carbocycles. The van der Waals surface area contributed by atoms with E-state index in [1.807, 2.05) is 30.3 Å². The van der Waals surface area contributed by atoms with Crippen LogP contribution in [0.1, 0.15) is 11.1 Å². The zero-order chi connectivity index (χ0) is 13.0. The SMILES string of the molecule is Nc1cccc(CNc2ccc(CO)c(O)c2)c1. The van der Waals surface area contributed by atoms with Gasteiger partial charge in [0.2, 0.25) is 0 Å². The molecule has 2 rings (SSSR count). The highest BCUT2D eigenvalue weighted by atomic mass is 16.3. The van der Waals surface area contributed by atoms with Crippen LogP contribution in [0.3, 0.4) is 0 Å². The Kier molecular flexibility index (Phi) is 3.69. The summed E-state index contributed by atoms with van der Waals surface area (Å²) in [6.07, 6.45) is 0. The van der Waals surface area contributed by atoms with Gasteiger partial charge in [-0.1, -0.05) is 18.2 Å². The lowest BCUT2D eigenvalue weighted by Gasteiger charge is -2.09. The van der Waals surface area contributed by atoms with Crippen LogP contribution in [-0.4, -0.2) is 10.2 Å². The zero-order valence-corrected chi connectivity index (χ0v) is 9.93. The van der Waals surface area contributed by atoms with E-state index in [-0.39, 0.29) is 12.4 Å². The van der Waals surface area contributed by atoms with Crippen LogP contribution in [0.25, 0.3) is 0 Å². The van der Waals surface area contributed by atoms with E-state index in [2.05, 4.69) is 5.32 Å². The normalized spacial score (nSPS) is 10.3. The van der Waals surface area contributed by atoms with Crippen LogP contribution >= 0.6 is 0 Å². The summed E-state index contributed by atoms with van der Waals surface area (Å²) in [7, 11) is 0. The molecule has 94 valence electrons. The molecule has 0 radical (unpaired) electrons. The second-order valence-electron chi connectivity index (χ2n) is 4.10. The third-order valence-corrected chi connectivity index (χ3v) is 2.70. The topological polar surface area (TPSA) is 78.5 Å². The molecule has 0 saturated carbocycles. The molecule has 0 aliphatic rings. The van der Waals surface area contributed by atoms with Crippen molar-refractivity contribution in [2.75, 3.05) is 11.1 Å². The second-order valence-corrected chi connectivity index (χ2v) is 4.10. The standard InChI is InChI=1S/C14H16N2O2/c15-12-3-1-2-10(6-12)8-16-13-5-4-11(9-17)14(18)7-13/h1-7,16-18H,8-9,15H2. The van der Waals surface area contributed by atoms with Crippen molar-refractivity contribution in [1.82, 2.24) is 0 Å². The number of nitrogens with two attached hydrogens (primary N) is 1. The number of aromatic hydroxyl groups is 1. The monoisotopic (exact) mass is 244 g/mol. The van der Waals surface area contributed by atoms with Gasteiger partial charge in [-0.05, 0) is 23.8 Å². The average molecular weight is 244 g/mol. The highest BCUT2D eigenvalue weighted by Gasteiger charge is 2.01. The van der Waals surface area contributed by atoms with Gasteiger partial charge in [0.1, 0.15) is 5.75 Å². The quantitative estimate of drug-likeness (QED) is 0.621. The number of aliphatic hydroxyl groups excluding tert-OH is 1. The third-order valence-electron chi connectivity index (χ3n) is 2.70. The number of nitrogen functional groups attached to an aromatic ring is 1. The smallest absolute Gasteiger partial charge is 0.123 e. The van der Waals surface area contributed by atoms with E-state index in [0.29, 0.717) is 12.1 Å². The van der Waals surface area contributed by atoms with Crippen LogP contribution in [-0.2, 0) is 13.2 Å². The van der Waals surface area contributed by atoms with Gasteiger partial charge >= 0.3 is 0 Å². The van der Waals surface area contributed by atoms with Gasteiger partial charge in [0.15, 0.2) is 0 Å². The van der Waals surface area contributed by atoms with Gasteiger partial charge in [-0.25, -0.2) is 0 Å². The van der Waals surface area contributed by atoms with Gasteiger partial charge in [-0.3, -0.25) is 0 Å². The number of anilines is 2. The largest absolute Gasteiger partial charge is 0.508 e. The Balaban J connectivity index is 2.04. The minimum absolute atomic E-state index is 0.0927. The Morgan fingerprint density at radius 1 is 1.11 bits per heavy atom. The fourth-order valence-electron chi connectivity index (χ4n) is 1.71. The Bertz CT molecular complexity index is 541. The summed E-state index contributed by atoms with van der Waals surface area (Å²) < 4.78 is 0. The van der Waals surface area contributed by atoms with Crippen molar-refractivity contribution >= 4 is 11.4 Å². The minimum Gasteiger partial charge on any atom is -0.508 e. The molecule has 5 N–H and O–H groups in total. The Morgan fingerprint density at radius 3 is 2.61 bits per heavy atom. The van der Waals surface area contributed by atoms with Crippen LogP contribution in [0.5, 0.6) is 5.75 Å². The lowest BCUT2D eigenvalue weighted by Crippen LogP contribution is -2.00. The highest BCUT2D eigenvalue weighted by Crippen LogP contribution is 2.22. The Labute approximate surface area is 106 Å². The van der Waals surface area contributed by atoms with Crippen molar-refractivity contribution < 1.29 is 10.2 Å². The van der Waals surface area contributed by atoms with Gasteiger partial charge in [0.25, 0.3) is 0 Å². The van der Waals surface area contributed by atoms with E-state index in [9.17, 15) is 5.11 Å². The molecule has 0 aliphatic heterocycles. The molecular formula is C14H16N2O2. The molecule has 2 aromatic rings. The minimum atomic E-state index is -0.165. The molecule has 0 atom stereocenters. The first-order chi connectivity index (χ1) is 8.69. The van der Waals surface area contributed by atoms with Gasteiger partial charge in [-0.2, -0.15) is 0 Å². The number of aliphatic hydroxyl groups is 1. The van der Waals surface area contributed by atoms with E-state index in [1.54, 1.807) is 12.1 Å². The second kappa shape index (κ2) is 5.42. The zero-order valence-electron chi connectivity index (χ0n) is 9.93. The summed E-state index contributed by atoms with van der Waals surface area (Å²) in [6, 6.07) is 12.7. The lowest BCUT2D eigenvalue weighted by molar-refractivity contribution is 0.275. The first-order valence-corrected chi connectivity index (χ1v) is 5.70. The predicted octanol–water partition coefficient (Wildman–Crippen LogP) is 2.08. The number of rotatable bonds is 4. The lowest BCUT2D eigenvalue weighted by atomic mass is 10.1. The van der Waals surface area contributed by atoms with Crippen molar-refractivity contribution in [3.63, 3.8) is 0 Å². The molecule has 2 aromatic carbocycles. The molecule has 0 saturated heterocycles. The Morgan fingerprint density at radius 2 is 1.94 bits per heavy atom. The first-order valence-electron chi connectivity index (χ1n) is 5.70. The molecule has 4 nitrogen and oxygen atoms in total. The van der Waals surface area contributed by atoms with E-state index < -0.39 is 0 Å². The molecule has 0 heterocycles. The van der Waals surface area contributed by atoms with E-state index in [1.165, 1.54) is 0 Å². The van der Waals surface area contributed by atoms with Crippen LogP contribution in [0.4, 0.5) is 11.4 Å². The van der Waals surface area contributed by atoms with Crippen molar-refractivity contribution in [3.8, 4) is 5.75 Å². The summed E-state index contributed by atoms with van der Waals surface area (Å²) in [5.41, 5.74) is 8.81. The van der Waals surface area contributed by atoms with Gasteiger partial charge in [0, 0.05) is 29.5 Å². The van der Waals surface area contributed by atoms with Crippen LogP contribution in [0.15, 0.2) is 42.5 Å². The van der Waals surface area contributed by atoms with Crippen molar-refractivity contribution in [1.29, 1.82) is 0 Å². The maximum absolute atomic E-state index is 9.61. The summed E-state index contributed by atoms with van der Waals surface area (Å²) >= 11 is 0. The van der Waals surface area contributed by atoms with Gasteiger partial charge in [-0.15, -0.1) is 0 Å². The number of phenols is 1. The van der Waals surface area contributed by atoms with Gasteiger partial charge < -0.3 is 21.3 Å². The summed E-state index contributed by atoms with van der Waals surface area (Å²) in [4.78, 5) is 0. The van der Waals surface area contributed by atoms with Crippen molar-refractivity contribution in [2.45, 2.75) is 13.2 Å². The fourth-order valence-corrected chi connectivity index (χ4v) is 1.71. The molecule has 4 heteroatoms. The summed E-state index contributed by atoms with van der Waals surface area (Å²) in [5.74, 6) is 0.0927. The van der Waals surface area contributed by atoms with Crippen LogP contribution < -0.4 is 11.1 Å². The molecule has 18 heavy (non-hydrogen) atoms.